The molecule has 3 nitrogen and oxygen atoms in total. The Morgan fingerprint density at radius 3 is 3.00 bits per heavy atom. The maximum atomic E-state index is 5.49. The predicted octanol–water partition coefficient (Wildman–Crippen LogP) is 4.67. The molecule has 0 spiro atoms. The van der Waals surface area contributed by atoms with Gasteiger partial charge < -0.3 is 0 Å². The van der Waals surface area contributed by atoms with Crippen LogP contribution in [0.2, 0.25) is 0 Å². The Hall–Kier alpha value is -0.940. The molecule has 0 radical (unpaired) electrons. The van der Waals surface area contributed by atoms with Gasteiger partial charge in [-0.15, -0.1) is 11.3 Å². The second-order valence-corrected chi connectivity index (χ2v) is 7.61. The summed E-state index contributed by atoms with van der Waals surface area (Å²) in [5.41, 5.74) is 0. The Balaban J connectivity index is 1.71. The van der Waals surface area contributed by atoms with Gasteiger partial charge in [0, 0.05) is 6.04 Å². The molecule has 5 heteroatoms. The average molecular weight is 305 g/mol. The predicted molar refractivity (Wildman–Crippen MR) is 84.4 cm³/mol. The molecule has 1 N–H and O–H groups in total. The Bertz CT molecular complexity index is 655. The lowest BCUT2D eigenvalue weighted by Gasteiger charge is -2.29. The smallest absolute Gasteiger partial charge is 0.195 e. The fourth-order valence-electron chi connectivity index (χ4n) is 4.34. The first-order valence-electron chi connectivity index (χ1n) is 7.45. The zero-order chi connectivity index (χ0) is 13.7. The molecule has 0 aromatic carbocycles. The van der Waals surface area contributed by atoms with Gasteiger partial charge in [0.2, 0.25) is 0 Å². The highest BCUT2D eigenvalue weighted by Crippen LogP contribution is 2.52. The first kappa shape index (κ1) is 12.8. The molecule has 2 saturated carbocycles. The molecule has 0 saturated heterocycles. The molecule has 2 aromatic rings. The largest absolute Gasteiger partial charge is 0.296 e. The third-order valence-electron chi connectivity index (χ3n) is 5.27. The van der Waals surface area contributed by atoms with Gasteiger partial charge in [-0.1, -0.05) is 12.5 Å². The van der Waals surface area contributed by atoms with E-state index in [4.69, 9.17) is 12.2 Å². The Kier molecular flexibility index (Phi) is 3.07. The SMILES string of the molecule is C[C@@H]([C@H]1C[C@@H]2CC[C@@H]1C2)n1c(-c2cccs2)n[nH]c1=S. The quantitative estimate of drug-likeness (QED) is 0.836. The van der Waals surface area contributed by atoms with E-state index in [9.17, 15) is 0 Å². The van der Waals surface area contributed by atoms with Gasteiger partial charge in [0.05, 0.1) is 4.88 Å². The number of nitrogens with one attached hydrogen (secondary N) is 1. The van der Waals surface area contributed by atoms with Crippen LogP contribution in [0.4, 0.5) is 0 Å². The summed E-state index contributed by atoms with van der Waals surface area (Å²) in [5.74, 6) is 3.67. The lowest BCUT2D eigenvalue weighted by Crippen LogP contribution is -2.22. The Morgan fingerprint density at radius 2 is 2.35 bits per heavy atom. The second-order valence-electron chi connectivity index (χ2n) is 6.28. The molecule has 0 aliphatic heterocycles. The van der Waals surface area contributed by atoms with E-state index in [0.717, 1.165) is 28.3 Å². The number of nitrogens with zero attached hydrogens (tertiary/aromatic N) is 2. The van der Waals surface area contributed by atoms with E-state index in [2.05, 4.69) is 39.2 Å². The number of aromatic nitrogens is 3. The standard InChI is InChI=1S/C15H19N3S2/c1-9(12-8-10-4-5-11(12)7-10)18-14(16-17-15(18)19)13-3-2-6-20-13/h2-3,6,9-12H,4-5,7-8H2,1H3,(H,17,19)/t9-,10+,11+,12+/m0/s1. The highest BCUT2D eigenvalue weighted by atomic mass is 32.1. The van der Waals surface area contributed by atoms with Gasteiger partial charge in [-0.05, 0) is 67.6 Å². The van der Waals surface area contributed by atoms with E-state index in [1.54, 1.807) is 11.3 Å². The van der Waals surface area contributed by atoms with Crippen LogP contribution < -0.4 is 0 Å². The van der Waals surface area contributed by atoms with Crippen LogP contribution in [0, 0.1) is 22.5 Å². The van der Waals surface area contributed by atoms with Crippen molar-refractivity contribution < 1.29 is 0 Å². The highest BCUT2D eigenvalue weighted by molar-refractivity contribution is 7.71. The molecular formula is C15H19N3S2. The maximum absolute atomic E-state index is 5.49. The van der Waals surface area contributed by atoms with Crippen molar-refractivity contribution >= 4 is 23.6 Å². The molecule has 2 aromatic heterocycles. The van der Waals surface area contributed by atoms with Gasteiger partial charge in [0.15, 0.2) is 10.6 Å². The van der Waals surface area contributed by atoms with E-state index in [1.165, 1.54) is 30.6 Å². The number of rotatable bonds is 3. The monoisotopic (exact) mass is 305 g/mol. The second kappa shape index (κ2) is 4.81. The van der Waals surface area contributed by atoms with Gasteiger partial charge in [-0.2, -0.15) is 5.10 Å². The highest BCUT2D eigenvalue weighted by Gasteiger charge is 2.42. The molecule has 4 atom stereocenters. The minimum atomic E-state index is 0.452. The molecule has 2 aliphatic rings. The first-order valence-corrected chi connectivity index (χ1v) is 8.73. The van der Waals surface area contributed by atoms with Crippen LogP contribution >= 0.6 is 23.6 Å². The van der Waals surface area contributed by atoms with E-state index < -0.39 is 0 Å². The summed E-state index contributed by atoms with van der Waals surface area (Å²) < 4.78 is 3.02. The van der Waals surface area contributed by atoms with Crippen LogP contribution in [-0.2, 0) is 0 Å². The zero-order valence-electron chi connectivity index (χ0n) is 11.6. The van der Waals surface area contributed by atoms with Crippen molar-refractivity contribution in [2.45, 2.75) is 38.6 Å². The van der Waals surface area contributed by atoms with E-state index >= 15 is 0 Å². The molecule has 2 aliphatic carbocycles. The van der Waals surface area contributed by atoms with Gasteiger partial charge in [-0.3, -0.25) is 9.67 Å². The van der Waals surface area contributed by atoms with Crippen LogP contribution in [0.5, 0.6) is 0 Å². The fraction of sp³-hybridized carbons (Fsp3) is 0.600. The van der Waals surface area contributed by atoms with Gasteiger partial charge in [-0.25, -0.2) is 0 Å². The number of aromatic amines is 1. The molecule has 4 rings (SSSR count). The van der Waals surface area contributed by atoms with Gasteiger partial charge in [0.1, 0.15) is 0 Å². The van der Waals surface area contributed by atoms with Crippen molar-refractivity contribution in [3.63, 3.8) is 0 Å². The van der Waals surface area contributed by atoms with Crippen molar-refractivity contribution in [1.29, 1.82) is 0 Å². The minimum Gasteiger partial charge on any atom is -0.296 e. The Labute approximate surface area is 128 Å². The summed E-state index contributed by atoms with van der Waals surface area (Å²) in [5, 5.41) is 9.56. The summed E-state index contributed by atoms with van der Waals surface area (Å²) in [6.07, 6.45) is 5.68. The summed E-state index contributed by atoms with van der Waals surface area (Å²) in [6.45, 7) is 2.33. The molecule has 0 unspecified atom stereocenters. The number of thiophene rings is 1. The summed E-state index contributed by atoms with van der Waals surface area (Å²) >= 11 is 7.22. The lowest BCUT2D eigenvalue weighted by atomic mass is 9.84. The number of hydrogen-bond acceptors (Lipinski definition) is 3. The zero-order valence-corrected chi connectivity index (χ0v) is 13.2. The fourth-order valence-corrected chi connectivity index (χ4v) is 5.35. The molecule has 2 fully saturated rings. The first-order chi connectivity index (χ1) is 9.74. The van der Waals surface area contributed by atoms with Crippen LogP contribution in [0.3, 0.4) is 0 Å². The van der Waals surface area contributed by atoms with Crippen molar-refractivity contribution in [2.24, 2.45) is 17.8 Å². The Morgan fingerprint density at radius 1 is 1.45 bits per heavy atom. The number of fused-ring (bicyclic) bond motifs is 2. The molecular weight excluding hydrogens is 286 g/mol. The third-order valence-corrected chi connectivity index (χ3v) is 6.42. The number of hydrogen-bond donors (Lipinski definition) is 1. The van der Waals surface area contributed by atoms with E-state index in [-0.39, 0.29) is 0 Å². The minimum absolute atomic E-state index is 0.452. The van der Waals surface area contributed by atoms with Crippen LogP contribution in [0.25, 0.3) is 10.7 Å². The lowest BCUT2D eigenvalue weighted by molar-refractivity contribution is 0.242. The van der Waals surface area contributed by atoms with Crippen molar-refractivity contribution in [3.05, 3.63) is 22.3 Å². The molecule has 2 heterocycles. The van der Waals surface area contributed by atoms with Crippen molar-refractivity contribution in [1.82, 2.24) is 14.8 Å². The average Bonchev–Trinajstić information content (AvgIpc) is 3.21. The van der Waals surface area contributed by atoms with Gasteiger partial charge >= 0.3 is 0 Å². The van der Waals surface area contributed by atoms with E-state index in [0.29, 0.717) is 6.04 Å². The van der Waals surface area contributed by atoms with Crippen LogP contribution in [0.1, 0.15) is 38.6 Å². The molecule has 0 amide bonds. The number of H-pyrrole nitrogens is 1. The topological polar surface area (TPSA) is 33.6 Å². The molecule has 20 heavy (non-hydrogen) atoms. The normalized spacial score (nSPS) is 29.9. The van der Waals surface area contributed by atoms with Crippen molar-refractivity contribution in [2.75, 3.05) is 0 Å². The summed E-state index contributed by atoms with van der Waals surface area (Å²) in [7, 11) is 0. The van der Waals surface area contributed by atoms with Crippen LogP contribution in [0.15, 0.2) is 17.5 Å². The third kappa shape index (κ3) is 1.91. The maximum Gasteiger partial charge on any atom is 0.195 e. The molecule has 106 valence electrons. The summed E-state index contributed by atoms with van der Waals surface area (Å²) in [4.78, 5) is 1.20. The van der Waals surface area contributed by atoms with E-state index in [1.807, 2.05) is 0 Å². The summed E-state index contributed by atoms with van der Waals surface area (Å²) in [6, 6.07) is 4.65. The van der Waals surface area contributed by atoms with Crippen molar-refractivity contribution in [3.8, 4) is 10.7 Å². The molecule has 2 bridgehead atoms. The van der Waals surface area contributed by atoms with Gasteiger partial charge in [0.25, 0.3) is 0 Å². The van der Waals surface area contributed by atoms with Crippen LogP contribution in [-0.4, -0.2) is 14.8 Å².